The predicted molar refractivity (Wildman–Crippen MR) is 137 cm³/mol. The van der Waals surface area contributed by atoms with Crippen molar-refractivity contribution >= 4 is 38.7 Å². The van der Waals surface area contributed by atoms with E-state index in [9.17, 15) is 8.42 Å². The Hall–Kier alpha value is -3.69. The summed E-state index contributed by atoms with van der Waals surface area (Å²) in [4.78, 5) is 6.53. The summed E-state index contributed by atoms with van der Waals surface area (Å²) in [7, 11) is -3.37. The molecule has 3 heterocycles. The molecule has 5 rings (SSSR count). The predicted octanol–water partition coefficient (Wildman–Crippen LogP) is 4.89. The van der Waals surface area contributed by atoms with E-state index < -0.39 is 10.0 Å². The first-order valence-electron chi connectivity index (χ1n) is 10.6. The van der Waals surface area contributed by atoms with Crippen LogP contribution in [0.5, 0.6) is 0 Å². The molecule has 7 nitrogen and oxygen atoms in total. The smallest absolute Gasteiger partial charge is 0.229 e. The van der Waals surface area contributed by atoms with Crippen LogP contribution >= 0.6 is 12.2 Å². The van der Waals surface area contributed by atoms with E-state index in [1.54, 1.807) is 18.3 Å². The summed E-state index contributed by atoms with van der Waals surface area (Å²) in [6, 6.07) is 26.1. The summed E-state index contributed by atoms with van der Waals surface area (Å²) >= 11 is 5.73. The fraction of sp³-hybridized carbons (Fsp3) is 0.120. The van der Waals surface area contributed by atoms with Crippen molar-refractivity contribution in [3.63, 3.8) is 0 Å². The average molecular weight is 491 g/mol. The van der Waals surface area contributed by atoms with Gasteiger partial charge in [-0.1, -0.05) is 36.4 Å². The second-order valence-corrected chi connectivity index (χ2v) is 10.1. The Bertz CT molecular complexity index is 1410. The highest BCUT2D eigenvalue weighted by Gasteiger charge is 2.42. The van der Waals surface area contributed by atoms with Crippen molar-refractivity contribution in [3.05, 3.63) is 103 Å². The first-order valence-corrected chi connectivity index (χ1v) is 12.9. The molecule has 0 saturated carbocycles. The standard InChI is InChI=1S/C25H22N4O3S2/c1-34(30,31)28-18-10-12-19(13-11-18)29-24(23(27-25(29)33)20-9-5-6-16-26-20)22-15-14-21(32-22)17-7-3-2-4-8-17/h2-16,23-24,28H,1H3,(H,27,33)/t23-,24+/m1/s1. The molecule has 1 aliphatic heterocycles. The van der Waals surface area contributed by atoms with Crippen molar-refractivity contribution in [2.75, 3.05) is 15.9 Å². The van der Waals surface area contributed by atoms with Gasteiger partial charge in [-0.3, -0.25) is 9.71 Å². The van der Waals surface area contributed by atoms with E-state index in [0.29, 0.717) is 10.8 Å². The van der Waals surface area contributed by atoms with Gasteiger partial charge in [0.15, 0.2) is 5.11 Å². The van der Waals surface area contributed by atoms with Gasteiger partial charge < -0.3 is 14.6 Å². The molecule has 0 bridgehead atoms. The van der Waals surface area contributed by atoms with E-state index in [0.717, 1.165) is 34.7 Å². The highest BCUT2D eigenvalue weighted by molar-refractivity contribution is 7.92. The zero-order valence-corrected chi connectivity index (χ0v) is 19.9. The first kappa shape index (κ1) is 22.1. The topological polar surface area (TPSA) is 87.5 Å². The third-order valence-electron chi connectivity index (χ3n) is 5.52. The van der Waals surface area contributed by atoms with E-state index >= 15 is 0 Å². The minimum atomic E-state index is -3.37. The number of hydrogen-bond acceptors (Lipinski definition) is 5. The SMILES string of the molecule is CS(=O)(=O)Nc1ccc(N2C(=S)N[C@H](c3ccccn3)[C@@H]2c2ccc(-c3ccccc3)o2)cc1. The first-order chi connectivity index (χ1) is 16.4. The van der Waals surface area contributed by atoms with Gasteiger partial charge in [0, 0.05) is 23.1 Å². The third-order valence-corrected chi connectivity index (χ3v) is 6.44. The van der Waals surface area contributed by atoms with E-state index in [2.05, 4.69) is 15.0 Å². The number of sulfonamides is 1. The Balaban J connectivity index is 1.55. The molecule has 1 saturated heterocycles. The van der Waals surface area contributed by atoms with Crippen molar-refractivity contribution < 1.29 is 12.8 Å². The molecular weight excluding hydrogens is 468 g/mol. The molecule has 2 aromatic carbocycles. The van der Waals surface area contributed by atoms with Gasteiger partial charge in [-0.2, -0.15) is 0 Å². The summed E-state index contributed by atoms with van der Waals surface area (Å²) in [6.07, 6.45) is 2.87. The van der Waals surface area contributed by atoms with E-state index in [4.69, 9.17) is 16.6 Å². The van der Waals surface area contributed by atoms with Crippen LogP contribution in [0.1, 0.15) is 23.5 Å². The monoisotopic (exact) mass is 490 g/mol. The molecule has 1 aliphatic rings. The number of furan rings is 1. The highest BCUT2D eigenvalue weighted by Crippen LogP contribution is 2.43. The van der Waals surface area contributed by atoms with Crippen LogP contribution in [-0.4, -0.2) is 24.8 Å². The lowest BCUT2D eigenvalue weighted by Crippen LogP contribution is -2.29. The maximum Gasteiger partial charge on any atom is 0.229 e. The van der Waals surface area contributed by atoms with Crippen LogP contribution in [0, 0.1) is 0 Å². The summed E-state index contributed by atoms with van der Waals surface area (Å²) in [5.41, 5.74) is 3.11. The van der Waals surface area contributed by atoms with Crippen molar-refractivity contribution in [1.82, 2.24) is 10.3 Å². The van der Waals surface area contributed by atoms with Crippen LogP contribution in [-0.2, 0) is 10.0 Å². The van der Waals surface area contributed by atoms with E-state index in [1.807, 2.05) is 77.7 Å². The van der Waals surface area contributed by atoms with Gasteiger partial charge in [0.25, 0.3) is 0 Å². The molecule has 0 amide bonds. The summed E-state index contributed by atoms with van der Waals surface area (Å²) in [6.45, 7) is 0. The Labute approximate surface area is 203 Å². The molecule has 2 aromatic heterocycles. The number of hydrogen-bond donors (Lipinski definition) is 2. The Morgan fingerprint density at radius 3 is 2.38 bits per heavy atom. The van der Waals surface area contributed by atoms with Crippen molar-refractivity contribution in [2.24, 2.45) is 0 Å². The van der Waals surface area contributed by atoms with Crippen LogP contribution in [0.2, 0.25) is 0 Å². The Morgan fingerprint density at radius 2 is 1.71 bits per heavy atom. The second-order valence-electron chi connectivity index (χ2n) is 7.99. The van der Waals surface area contributed by atoms with Crippen molar-refractivity contribution in [2.45, 2.75) is 12.1 Å². The molecule has 0 spiro atoms. The lowest BCUT2D eigenvalue weighted by atomic mass is 10.0. The minimum Gasteiger partial charge on any atom is -0.459 e. The zero-order valence-electron chi connectivity index (χ0n) is 18.3. The van der Waals surface area contributed by atoms with E-state index in [1.165, 1.54) is 0 Å². The number of benzene rings is 2. The van der Waals surface area contributed by atoms with Gasteiger partial charge in [-0.25, -0.2) is 8.42 Å². The van der Waals surface area contributed by atoms with E-state index in [-0.39, 0.29) is 12.1 Å². The fourth-order valence-corrected chi connectivity index (χ4v) is 5.01. The van der Waals surface area contributed by atoms with Gasteiger partial charge >= 0.3 is 0 Å². The number of rotatable bonds is 6. The van der Waals surface area contributed by atoms with Crippen LogP contribution in [0.4, 0.5) is 11.4 Å². The lowest BCUT2D eigenvalue weighted by molar-refractivity contribution is 0.439. The average Bonchev–Trinajstić information content (AvgIpc) is 3.44. The van der Waals surface area contributed by atoms with Crippen molar-refractivity contribution in [3.8, 4) is 11.3 Å². The second kappa shape index (κ2) is 8.92. The zero-order chi connectivity index (χ0) is 23.7. The van der Waals surface area contributed by atoms with Gasteiger partial charge in [0.05, 0.1) is 18.0 Å². The largest absolute Gasteiger partial charge is 0.459 e. The van der Waals surface area contributed by atoms with Crippen LogP contribution in [0.25, 0.3) is 11.3 Å². The summed E-state index contributed by atoms with van der Waals surface area (Å²) in [5.74, 6) is 1.50. The maximum absolute atomic E-state index is 11.6. The quantitative estimate of drug-likeness (QED) is 0.372. The third kappa shape index (κ3) is 4.52. The number of aromatic nitrogens is 1. The van der Waals surface area contributed by atoms with Gasteiger partial charge in [-0.15, -0.1) is 0 Å². The number of pyridine rings is 1. The molecule has 4 aromatic rings. The molecule has 0 radical (unpaired) electrons. The molecule has 34 heavy (non-hydrogen) atoms. The summed E-state index contributed by atoms with van der Waals surface area (Å²) < 4.78 is 32.0. The molecule has 2 N–H and O–H groups in total. The van der Waals surface area contributed by atoms with Crippen LogP contribution < -0.4 is 14.9 Å². The normalized spacial score (nSPS) is 18.0. The highest BCUT2D eigenvalue weighted by atomic mass is 32.2. The number of nitrogens with zero attached hydrogens (tertiary/aromatic N) is 2. The number of nitrogens with one attached hydrogen (secondary N) is 2. The molecule has 172 valence electrons. The molecule has 1 fully saturated rings. The fourth-order valence-electron chi connectivity index (χ4n) is 4.10. The van der Waals surface area contributed by atoms with Crippen molar-refractivity contribution in [1.29, 1.82) is 0 Å². The Morgan fingerprint density at radius 1 is 0.971 bits per heavy atom. The van der Waals surface area contributed by atoms with Crippen LogP contribution in [0.15, 0.2) is 95.5 Å². The molecule has 9 heteroatoms. The van der Waals surface area contributed by atoms with Gasteiger partial charge in [-0.05, 0) is 60.7 Å². The molecular formula is C25H22N4O3S2. The minimum absolute atomic E-state index is 0.239. The molecule has 2 atom stereocenters. The number of anilines is 2. The molecule has 0 unspecified atom stereocenters. The molecule has 0 aliphatic carbocycles. The number of thiocarbonyl (C=S) groups is 1. The van der Waals surface area contributed by atoms with Gasteiger partial charge in [0.2, 0.25) is 10.0 Å². The Kier molecular flexibility index (Phi) is 5.80. The van der Waals surface area contributed by atoms with Gasteiger partial charge in [0.1, 0.15) is 17.6 Å². The maximum atomic E-state index is 11.6. The summed E-state index contributed by atoms with van der Waals surface area (Å²) in [5, 5.41) is 3.92. The lowest BCUT2D eigenvalue weighted by Gasteiger charge is -2.26. The van der Waals surface area contributed by atoms with Crippen LogP contribution in [0.3, 0.4) is 0 Å².